The summed E-state index contributed by atoms with van der Waals surface area (Å²) in [6, 6.07) is 18.2. The Morgan fingerprint density at radius 3 is 2.68 bits per heavy atom. The summed E-state index contributed by atoms with van der Waals surface area (Å²) in [5.74, 6) is 0. The Hall–Kier alpha value is -2.00. The van der Waals surface area contributed by atoms with Crippen LogP contribution in [0.3, 0.4) is 0 Å². The Bertz CT molecular complexity index is 738. The smallest absolute Gasteiger partial charge is 0.101 e. The van der Waals surface area contributed by atoms with Gasteiger partial charge in [0.15, 0.2) is 0 Å². The number of benzene rings is 2. The second kappa shape index (κ2) is 4.94. The van der Waals surface area contributed by atoms with Crippen LogP contribution in [0.2, 0.25) is 0 Å². The number of nitrogens with zero attached hydrogens (tertiary/aromatic N) is 1. The van der Waals surface area contributed by atoms with E-state index in [-0.39, 0.29) is 0 Å². The van der Waals surface area contributed by atoms with E-state index in [1.807, 2.05) is 24.3 Å². The first-order valence-electron chi connectivity index (χ1n) is 6.12. The van der Waals surface area contributed by atoms with E-state index < -0.39 is 0 Å². The number of rotatable bonds is 2. The first kappa shape index (κ1) is 12.1. The van der Waals surface area contributed by atoms with Crippen LogP contribution in [-0.4, -0.2) is 4.98 Å². The topological polar surface area (TPSA) is 38.9 Å². The van der Waals surface area contributed by atoms with Gasteiger partial charge in [-0.05, 0) is 42.8 Å². The van der Waals surface area contributed by atoms with Crippen LogP contribution in [-0.2, 0) is 0 Å². The third-order valence-electron chi connectivity index (χ3n) is 3.00. The van der Waals surface area contributed by atoms with Crippen LogP contribution in [0.25, 0.3) is 10.9 Å². The molecule has 0 spiro atoms. The number of anilines is 1. The Morgan fingerprint density at radius 1 is 1.00 bits per heavy atom. The predicted molar refractivity (Wildman–Crippen MR) is 81.5 cm³/mol. The van der Waals surface area contributed by atoms with Gasteiger partial charge in [0.1, 0.15) is 5.03 Å². The summed E-state index contributed by atoms with van der Waals surface area (Å²) in [7, 11) is 0. The summed E-state index contributed by atoms with van der Waals surface area (Å²) in [4.78, 5) is 5.90. The summed E-state index contributed by atoms with van der Waals surface area (Å²) in [6.07, 6.45) is 0. The van der Waals surface area contributed by atoms with Crippen LogP contribution in [0.15, 0.2) is 64.5 Å². The maximum atomic E-state index is 5.77. The molecule has 1 heterocycles. The number of hydrogen-bond acceptors (Lipinski definition) is 3. The molecule has 94 valence electrons. The standard InChI is InChI=1S/C16H14N2S/c1-11-4-2-3-5-15(11)19-16-9-6-12-10-13(17)7-8-14(12)18-16/h2-10H,17H2,1H3. The van der Waals surface area contributed by atoms with Gasteiger partial charge in [0, 0.05) is 16.0 Å². The van der Waals surface area contributed by atoms with Crippen LogP contribution >= 0.6 is 11.8 Å². The Labute approximate surface area is 116 Å². The van der Waals surface area contributed by atoms with Crippen molar-refractivity contribution >= 4 is 28.4 Å². The van der Waals surface area contributed by atoms with Crippen molar-refractivity contribution in [1.82, 2.24) is 4.98 Å². The van der Waals surface area contributed by atoms with Crippen molar-refractivity contribution in [3.8, 4) is 0 Å². The van der Waals surface area contributed by atoms with Crippen molar-refractivity contribution in [3.05, 3.63) is 60.2 Å². The SMILES string of the molecule is Cc1ccccc1Sc1ccc2cc(N)ccc2n1. The minimum atomic E-state index is 0.772. The molecular weight excluding hydrogens is 252 g/mol. The molecular formula is C16H14N2S. The number of pyridine rings is 1. The third-order valence-corrected chi connectivity index (χ3v) is 4.11. The van der Waals surface area contributed by atoms with Gasteiger partial charge >= 0.3 is 0 Å². The zero-order valence-electron chi connectivity index (χ0n) is 10.6. The van der Waals surface area contributed by atoms with Gasteiger partial charge in [-0.25, -0.2) is 4.98 Å². The van der Waals surface area contributed by atoms with Gasteiger partial charge in [0.2, 0.25) is 0 Å². The zero-order chi connectivity index (χ0) is 13.2. The van der Waals surface area contributed by atoms with Crippen LogP contribution in [0.1, 0.15) is 5.56 Å². The molecule has 0 unspecified atom stereocenters. The summed E-state index contributed by atoms with van der Waals surface area (Å²) in [5, 5.41) is 2.08. The lowest BCUT2D eigenvalue weighted by Gasteiger charge is -2.06. The zero-order valence-corrected chi connectivity index (χ0v) is 11.4. The molecule has 0 saturated carbocycles. The number of aromatic nitrogens is 1. The molecule has 0 amide bonds. The molecule has 0 aliphatic carbocycles. The number of nitrogens with two attached hydrogens (primary N) is 1. The van der Waals surface area contributed by atoms with Gasteiger partial charge in [0.05, 0.1) is 5.52 Å². The maximum absolute atomic E-state index is 5.77. The fraction of sp³-hybridized carbons (Fsp3) is 0.0625. The van der Waals surface area contributed by atoms with Crippen LogP contribution < -0.4 is 5.73 Å². The molecule has 0 radical (unpaired) electrons. The fourth-order valence-corrected chi connectivity index (χ4v) is 2.85. The van der Waals surface area contributed by atoms with Crippen molar-refractivity contribution < 1.29 is 0 Å². The van der Waals surface area contributed by atoms with Crippen LogP contribution in [0, 0.1) is 6.92 Å². The van der Waals surface area contributed by atoms with E-state index in [1.54, 1.807) is 11.8 Å². The van der Waals surface area contributed by atoms with Gasteiger partial charge in [-0.2, -0.15) is 0 Å². The van der Waals surface area contributed by atoms with Gasteiger partial charge in [-0.1, -0.05) is 36.0 Å². The van der Waals surface area contributed by atoms with Gasteiger partial charge < -0.3 is 5.73 Å². The van der Waals surface area contributed by atoms with Gasteiger partial charge in [0.25, 0.3) is 0 Å². The highest BCUT2D eigenvalue weighted by molar-refractivity contribution is 7.99. The van der Waals surface area contributed by atoms with E-state index in [1.165, 1.54) is 10.5 Å². The molecule has 2 N–H and O–H groups in total. The van der Waals surface area contributed by atoms with Gasteiger partial charge in [-0.3, -0.25) is 0 Å². The monoisotopic (exact) mass is 266 g/mol. The lowest BCUT2D eigenvalue weighted by Crippen LogP contribution is -1.87. The van der Waals surface area contributed by atoms with Gasteiger partial charge in [-0.15, -0.1) is 0 Å². The largest absolute Gasteiger partial charge is 0.399 e. The summed E-state index contributed by atoms with van der Waals surface area (Å²) >= 11 is 1.69. The second-order valence-corrected chi connectivity index (χ2v) is 5.53. The average molecular weight is 266 g/mol. The van der Waals surface area contributed by atoms with E-state index in [0.717, 1.165) is 21.6 Å². The predicted octanol–water partition coefficient (Wildman–Crippen LogP) is 4.28. The molecule has 3 heteroatoms. The molecule has 0 bridgehead atoms. The van der Waals surface area contributed by atoms with E-state index in [2.05, 4.69) is 42.2 Å². The molecule has 19 heavy (non-hydrogen) atoms. The van der Waals surface area contributed by atoms with E-state index in [4.69, 9.17) is 5.73 Å². The minimum absolute atomic E-state index is 0.772. The van der Waals surface area contributed by atoms with Crippen molar-refractivity contribution in [2.24, 2.45) is 0 Å². The molecule has 2 aromatic carbocycles. The van der Waals surface area contributed by atoms with Crippen molar-refractivity contribution in [3.63, 3.8) is 0 Å². The van der Waals surface area contributed by atoms with Crippen molar-refractivity contribution in [2.75, 3.05) is 5.73 Å². The highest BCUT2D eigenvalue weighted by atomic mass is 32.2. The molecule has 3 aromatic rings. The Balaban J connectivity index is 1.98. The number of nitrogen functional groups attached to an aromatic ring is 1. The van der Waals surface area contributed by atoms with Crippen molar-refractivity contribution in [1.29, 1.82) is 0 Å². The average Bonchev–Trinajstić information content (AvgIpc) is 2.41. The molecule has 0 aliphatic rings. The number of fused-ring (bicyclic) bond motifs is 1. The van der Waals surface area contributed by atoms with Crippen LogP contribution in [0.4, 0.5) is 5.69 Å². The highest BCUT2D eigenvalue weighted by Gasteiger charge is 2.03. The van der Waals surface area contributed by atoms with Crippen LogP contribution in [0.5, 0.6) is 0 Å². The number of hydrogen-bond donors (Lipinski definition) is 1. The summed E-state index contributed by atoms with van der Waals surface area (Å²) in [6.45, 7) is 2.12. The van der Waals surface area contributed by atoms with E-state index >= 15 is 0 Å². The molecule has 2 nitrogen and oxygen atoms in total. The first-order chi connectivity index (χ1) is 9.22. The van der Waals surface area contributed by atoms with E-state index in [9.17, 15) is 0 Å². The normalized spacial score (nSPS) is 10.8. The molecule has 1 aromatic heterocycles. The molecule has 0 atom stereocenters. The maximum Gasteiger partial charge on any atom is 0.101 e. The first-order valence-corrected chi connectivity index (χ1v) is 6.94. The minimum Gasteiger partial charge on any atom is -0.399 e. The molecule has 3 rings (SSSR count). The number of aryl methyl sites for hydroxylation is 1. The fourth-order valence-electron chi connectivity index (χ4n) is 1.97. The molecule has 0 aliphatic heterocycles. The third kappa shape index (κ3) is 2.56. The Kier molecular flexibility index (Phi) is 3.13. The quantitative estimate of drug-likeness (QED) is 0.704. The lowest BCUT2D eigenvalue weighted by molar-refractivity contribution is 1.18. The molecule has 0 fully saturated rings. The lowest BCUT2D eigenvalue weighted by atomic mass is 10.2. The summed E-state index contributed by atoms with van der Waals surface area (Å²) in [5.41, 5.74) is 8.79. The Morgan fingerprint density at radius 2 is 1.84 bits per heavy atom. The van der Waals surface area contributed by atoms with Crippen molar-refractivity contribution in [2.45, 2.75) is 16.8 Å². The molecule has 0 saturated heterocycles. The highest BCUT2D eigenvalue weighted by Crippen LogP contribution is 2.30. The van der Waals surface area contributed by atoms with E-state index in [0.29, 0.717) is 0 Å². The summed E-state index contributed by atoms with van der Waals surface area (Å²) < 4.78 is 0. The second-order valence-electron chi connectivity index (χ2n) is 4.47.